The van der Waals surface area contributed by atoms with E-state index in [-0.39, 0.29) is 12.5 Å². The number of aromatic amines is 1. The minimum absolute atomic E-state index is 0.203. The normalized spacial score (nSPS) is 16.5. The van der Waals surface area contributed by atoms with E-state index in [1.165, 1.54) is 12.8 Å². The van der Waals surface area contributed by atoms with Crippen molar-refractivity contribution in [3.8, 4) is 0 Å². The van der Waals surface area contributed by atoms with Gasteiger partial charge in [0.15, 0.2) is 0 Å². The second-order valence-corrected chi connectivity index (χ2v) is 4.20. The average Bonchev–Trinajstić information content (AvgIpc) is 2.84. The molecule has 0 atom stereocenters. The second-order valence-electron chi connectivity index (χ2n) is 4.20. The fourth-order valence-corrected chi connectivity index (χ4v) is 2.31. The summed E-state index contributed by atoms with van der Waals surface area (Å²) in [5, 5.41) is 6.56. The van der Waals surface area contributed by atoms with Gasteiger partial charge >= 0.3 is 0 Å². The van der Waals surface area contributed by atoms with Crippen LogP contribution in [0.25, 0.3) is 0 Å². The molecule has 2 rings (SSSR count). The van der Waals surface area contributed by atoms with Gasteiger partial charge in [-0.2, -0.15) is 5.10 Å². The van der Waals surface area contributed by atoms with Crippen LogP contribution in [0.15, 0.2) is 6.20 Å². The van der Waals surface area contributed by atoms with Gasteiger partial charge < -0.3 is 16.4 Å². The number of nitrogens with two attached hydrogens (primary N) is 2. The summed E-state index contributed by atoms with van der Waals surface area (Å²) in [5.41, 5.74) is 11.8. The van der Waals surface area contributed by atoms with Gasteiger partial charge in [-0.3, -0.25) is 9.89 Å². The maximum atomic E-state index is 11.1. The van der Waals surface area contributed by atoms with E-state index in [2.05, 4.69) is 10.2 Å². The van der Waals surface area contributed by atoms with Crippen molar-refractivity contribution in [1.29, 1.82) is 0 Å². The molecule has 5 N–H and O–H groups in total. The zero-order valence-corrected chi connectivity index (χ0v) is 9.15. The average molecular weight is 223 g/mol. The molecule has 1 heterocycles. The standard InChI is InChI=1S/C10H17N5O/c11-9(16)6-15(7-3-1-2-4-7)8-5-13-14-10(8)12/h5,7H,1-4,6H2,(H2,11,16)(H3,12,13,14). The summed E-state index contributed by atoms with van der Waals surface area (Å²) in [6, 6.07) is 0.354. The summed E-state index contributed by atoms with van der Waals surface area (Å²) in [6.45, 7) is 0.203. The maximum Gasteiger partial charge on any atom is 0.236 e. The third kappa shape index (κ3) is 2.10. The summed E-state index contributed by atoms with van der Waals surface area (Å²) >= 11 is 0. The van der Waals surface area contributed by atoms with Crippen molar-refractivity contribution >= 4 is 17.4 Å². The first kappa shape index (κ1) is 10.8. The zero-order chi connectivity index (χ0) is 11.5. The Bertz CT molecular complexity index is 369. The Morgan fingerprint density at radius 1 is 1.56 bits per heavy atom. The van der Waals surface area contributed by atoms with Crippen molar-refractivity contribution in [3.05, 3.63) is 6.20 Å². The highest BCUT2D eigenvalue weighted by molar-refractivity contribution is 5.81. The topological polar surface area (TPSA) is 101 Å². The van der Waals surface area contributed by atoms with Crippen LogP contribution in [0, 0.1) is 0 Å². The summed E-state index contributed by atoms with van der Waals surface area (Å²) < 4.78 is 0. The van der Waals surface area contributed by atoms with Crippen molar-refractivity contribution in [3.63, 3.8) is 0 Å². The molecule has 88 valence electrons. The molecule has 1 aromatic rings. The molecule has 0 aromatic carbocycles. The van der Waals surface area contributed by atoms with Gasteiger partial charge in [-0.25, -0.2) is 0 Å². The fraction of sp³-hybridized carbons (Fsp3) is 0.600. The Labute approximate surface area is 94.0 Å². The highest BCUT2D eigenvalue weighted by Crippen LogP contribution is 2.30. The van der Waals surface area contributed by atoms with E-state index in [1.54, 1.807) is 6.20 Å². The molecule has 0 aliphatic heterocycles. The van der Waals surface area contributed by atoms with E-state index in [1.807, 2.05) is 4.90 Å². The van der Waals surface area contributed by atoms with Crippen molar-refractivity contribution < 1.29 is 4.79 Å². The van der Waals surface area contributed by atoms with Gasteiger partial charge in [-0.05, 0) is 12.8 Å². The number of rotatable bonds is 4. The molecule has 0 unspecified atom stereocenters. The highest BCUT2D eigenvalue weighted by Gasteiger charge is 2.26. The van der Waals surface area contributed by atoms with E-state index < -0.39 is 0 Å². The second kappa shape index (κ2) is 4.42. The molecule has 1 aromatic heterocycles. The molecule has 0 bridgehead atoms. The van der Waals surface area contributed by atoms with Crippen molar-refractivity contribution in [2.24, 2.45) is 5.73 Å². The smallest absolute Gasteiger partial charge is 0.236 e. The first-order chi connectivity index (χ1) is 7.68. The number of hydrogen-bond donors (Lipinski definition) is 3. The molecule has 16 heavy (non-hydrogen) atoms. The van der Waals surface area contributed by atoms with E-state index in [0.29, 0.717) is 11.9 Å². The molecular formula is C10H17N5O. The Hall–Kier alpha value is -1.72. The van der Waals surface area contributed by atoms with Crippen LogP contribution in [0.3, 0.4) is 0 Å². The SMILES string of the molecule is NC(=O)CN(c1cn[nH]c1N)C1CCCC1. The largest absolute Gasteiger partial charge is 0.382 e. The predicted octanol–water partition coefficient (Wildman–Crippen LogP) is 0.226. The first-order valence-electron chi connectivity index (χ1n) is 5.52. The lowest BCUT2D eigenvalue weighted by Gasteiger charge is -2.28. The van der Waals surface area contributed by atoms with Crippen LogP contribution in [0.4, 0.5) is 11.5 Å². The van der Waals surface area contributed by atoms with E-state index in [0.717, 1.165) is 18.5 Å². The minimum atomic E-state index is -0.340. The molecule has 6 nitrogen and oxygen atoms in total. The van der Waals surface area contributed by atoms with Gasteiger partial charge in [-0.15, -0.1) is 0 Å². The lowest BCUT2D eigenvalue weighted by Crippen LogP contribution is -2.40. The number of aromatic nitrogens is 2. The molecule has 0 radical (unpaired) electrons. The third-order valence-electron chi connectivity index (χ3n) is 3.05. The van der Waals surface area contributed by atoms with E-state index >= 15 is 0 Å². The van der Waals surface area contributed by atoms with Crippen LogP contribution in [-0.4, -0.2) is 28.7 Å². The number of carbonyl (C=O) groups is 1. The van der Waals surface area contributed by atoms with Gasteiger partial charge in [-0.1, -0.05) is 12.8 Å². The molecule has 1 fully saturated rings. The minimum Gasteiger partial charge on any atom is -0.382 e. The summed E-state index contributed by atoms with van der Waals surface area (Å²) in [4.78, 5) is 13.0. The number of amides is 1. The molecule has 6 heteroatoms. The van der Waals surface area contributed by atoms with Crippen LogP contribution < -0.4 is 16.4 Å². The zero-order valence-electron chi connectivity index (χ0n) is 9.15. The first-order valence-corrected chi connectivity index (χ1v) is 5.52. The number of anilines is 2. The Morgan fingerprint density at radius 3 is 2.75 bits per heavy atom. The lowest BCUT2D eigenvalue weighted by atomic mass is 10.2. The number of nitrogen functional groups attached to an aromatic ring is 1. The molecule has 1 aliphatic carbocycles. The number of primary amides is 1. The van der Waals surface area contributed by atoms with Gasteiger partial charge in [0, 0.05) is 6.04 Å². The molecule has 0 spiro atoms. The van der Waals surface area contributed by atoms with E-state index in [9.17, 15) is 4.79 Å². The Kier molecular flexibility index (Phi) is 2.98. The molecule has 1 saturated carbocycles. The van der Waals surface area contributed by atoms with Crippen LogP contribution >= 0.6 is 0 Å². The van der Waals surface area contributed by atoms with E-state index in [4.69, 9.17) is 11.5 Å². The number of carbonyl (C=O) groups excluding carboxylic acids is 1. The van der Waals surface area contributed by atoms with Gasteiger partial charge in [0.2, 0.25) is 5.91 Å². The van der Waals surface area contributed by atoms with Crippen molar-refractivity contribution in [2.45, 2.75) is 31.7 Å². The molecule has 0 saturated heterocycles. The van der Waals surface area contributed by atoms with Crippen LogP contribution in [0.2, 0.25) is 0 Å². The third-order valence-corrected chi connectivity index (χ3v) is 3.05. The summed E-state index contributed by atoms with van der Waals surface area (Å²) in [7, 11) is 0. The number of hydrogen-bond acceptors (Lipinski definition) is 4. The van der Waals surface area contributed by atoms with Crippen LogP contribution in [-0.2, 0) is 4.79 Å². The number of H-pyrrole nitrogens is 1. The van der Waals surface area contributed by atoms with Gasteiger partial charge in [0.1, 0.15) is 11.5 Å². The molecule has 1 amide bonds. The summed E-state index contributed by atoms with van der Waals surface area (Å²) in [5.74, 6) is 0.153. The van der Waals surface area contributed by atoms with Crippen LogP contribution in [0.5, 0.6) is 0 Å². The van der Waals surface area contributed by atoms with Crippen molar-refractivity contribution in [1.82, 2.24) is 10.2 Å². The molecule has 1 aliphatic rings. The van der Waals surface area contributed by atoms with Gasteiger partial charge in [0.25, 0.3) is 0 Å². The summed E-state index contributed by atoms with van der Waals surface area (Å²) in [6.07, 6.45) is 6.20. The molecular weight excluding hydrogens is 206 g/mol. The fourth-order valence-electron chi connectivity index (χ4n) is 2.31. The Balaban J connectivity index is 2.20. The number of nitrogens with one attached hydrogen (secondary N) is 1. The van der Waals surface area contributed by atoms with Crippen LogP contribution in [0.1, 0.15) is 25.7 Å². The predicted molar refractivity (Wildman–Crippen MR) is 61.8 cm³/mol. The lowest BCUT2D eigenvalue weighted by molar-refractivity contribution is -0.116. The maximum absolute atomic E-state index is 11.1. The Morgan fingerprint density at radius 2 is 2.25 bits per heavy atom. The number of nitrogens with zero attached hydrogens (tertiary/aromatic N) is 2. The monoisotopic (exact) mass is 223 g/mol. The van der Waals surface area contributed by atoms with Crippen molar-refractivity contribution in [2.75, 3.05) is 17.2 Å². The van der Waals surface area contributed by atoms with Gasteiger partial charge in [0.05, 0.1) is 12.7 Å². The highest BCUT2D eigenvalue weighted by atomic mass is 16.1. The quantitative estimate of drug-likeness (QED) is 0.679.